The minimum atomic E-state index is 0.0249. The van der Waals surface area contributed by atoms with Crippen LogP contribution in [-0.4, -0.2) is 19.1 Å². The van der Waals surface area contributed by atoms with Gasteiger partial charge in [-0.1, -0.05) is 12.2 Å². The summed E-state index contributed by atoms with van der Waals surface area (Å²) in [6.07, 6.45) is 12.5. The van der Waals surface area contributed by atoms with Crippen LogP contribution in [0.5, 0.6) is 0 Å². The normalized spacial score (nSPS) is 39.1. The Kier molecular flexibility index (Phi) is 4.45. The highest BCUT2D eigenvalue weighted by Gasteiger charge is 2.36. The second kappa shape index (κ2) is 6.30. The van der Waals surface area contributed by atoms with Crippen molar-refractivity contribution in [3.05, 3.63) is 12.2 Å². The summed E-state index contributed by atoms with van der Waals surface area (Å²) in [6, 6.07) is 0. The molecule has 3 rings (SSSR count). The van der Waals surface area contributed by atoms with Crippen LogP contribution < -0.4 is 5.73 Å². The number of fused-ring (bicyclic) bond motifs is 2. The van der Waals surface area contributed by atoms with E-state index in [2.05, 4.69) is 12.2 Å². The highest BCUT2D eigenvalue weighted by molar-refractivity contribution is 5.69. The van der Waals surface area contributed by atoms with Gasteiger partial charge in [-0.05, 0) is 74.7 Å². The van der Waals surface area contributed by atoms with E-state index >= 15 is 0 Å². The van der Waals surface area contributed by atoms with Crippen molar-refractivity contribution in [1.29, 1.82) is 0 Å². The molecule has 0 saturated heterocycles. The zero-order chi connectivity index (χ0) is 13.9. The molecular formula is C17H27NO2. The van der Waals surface area contributed by atoms with Gasteiger partial charge in [-0.25, -0.2) is 0 Å². The van der Waals surface area contributed by atoms with Crippen molar-refractivity contribution in [3.63, 3.8) is 0 Å². The van der Waals surface area contributed by atoms with E-state index in [4.69, 9.17) is 10.5 Å². The van der Waals surface area contributed by atoms with Gasteiger partial charge in [0.15, 0.2) is 0 Å². The fourth-order valence-corrected chi connectivity index (χ4v) is 4.25. The molecule has 2 bridgehead atoms. The van der Waals surface area contributed by atoms with E-state index in [1.165, 1.54) is 38.5 Å². The lowest BCUT2D eigenvalue weighted by molar-refractivity contribution is -0.146. The maximum absolute atomic E-state index is 12.0. The molecule has 112 valence electrons. The van der Waals surface area contributed by atoms with E-state index in [1.54, 1.807) is 0 Å². The van der Waals surface area contributed by atoms with Gasteiger partial charge in [0, 0.05) is 6.42 Å². The summed E-state index contributed by atoms with van der Waals surface area (Å²) in [4.78, 5) is 12.0. The first-order valence-electron chi connectivity index (χ1n) is 8.28. The molecule has 20 heavy (non-hydrogen) atoms. The average molecular weight is 277 g/mol. The van der Waals surface area contributed by atoms with E-state index in [0.717, 1.165) is 12.5 Å². The molecule has 3 aliphatic rings. The summed E-state index contributed by atoms with van der Waals surface area (Å²) in [6.45, 7) is 1.44. The van der Waals surface area contributed by atoms with E-state index in [1.807, 2.05) is 0 Å². The summed E-state index contributed by atoms with van der Waals surface area (Å²) < 4.78 is 5.53. The maximum atomic E-state index is 12.0. The van der Waals surface area contributed by atoms with Gasteiger partial charge in [-0.2, -0.15) is 0 Å². The molecule has 0 radical (unpaired) electrons. The van der Waals surface area contributed by atoms with Gasteiger partial charge in [-0.3, -0.25) is 4.79 Å². The Balaban J connectivity index is 1.34. The van der Waals surface area contributed by atoms with Crippen molar-refractivity contribution < 1.29 is 9.53 Å². The molecule has 2 N–H and O–H groups in total. The van der Waals surface area contributed by atoms with E-state index in [-0.39, 0.29) is 5.97 Å². The lowest BCUT2D eigenvalue weighted by atomic mass is 9.82. The number of rotatable bonds is 5. The van der Waals surface area contributed by atoms with Crippen LogP contribution in [0.3, 0.4) is 0 Å². The largest absolute Gasteiger partial charge is 0.465 e. The molecule has 3 nitrogen and oxygen atoms in total. The Morgan fingerprint density at radius 1 is 1.10 bits per heavy atom. The predicted molar refractivity (Wildman–Crippen MR) is 78.9 cm³/mol. The van der Waals surface area contributed by atoms with Crippen molar-refractivity contribution in [2.45, 2.75) is 44.9 Å². The van der Waals surface area contributed by atoms with Crippen molar-refractivity contribution in [2.24, 2.45) is 35.3 Å². The zero-order valence-corrected chi connectivity index (χ0v) is 12.3. The lowest BCUT2D eigenvalue weighted by Crippen LogP contribution is -2.25. The van der Waals surface area contributed by atoms with Gasteiger partial charge in [0.1, 0.15) is 0 Å². The van der Waals surface area contributed by atoms with Crippen LogP contribution in [0.25, 0.3) is 0 Å². The van der Waals surface area contributed by atoms with E-state index < -0.39 is 0 Å². The minimum absolute atomic E-state index is 0.0249. The third-order valence-corrected chi connectivity index (χ3v) is 5.62. The van der Waals surface area contributed by atoms with Crippen LogP contribution in [0.4, 0.5) is 0 Å². The molecule has 0 aromatic heterocycles. The molecule has 0 spiro atoms. The topological polar surface area (TPSA) is 52.3 Å². The molecule has 0 aromatic rings. The third-order valence-electron chi connectivity index (χ3n) is 5.62. The highest BCUT2D eigenvalue weighted by Crippen LogP contribution is 2.45. The van der Waals surface area contributed by atoms with Gasteiger partial charge in [0.2, 0.25) is 0 Å². The number of carbonyl (C=O) groups excluding carboxylic acids is 1. The maximum Gasteiger partial charge on any atom is 0.306 e. The van der Waals surface area contributed by atoms with Gasteiger partial charge in [-0.15, -0.1) is 0 Å². The van der Waals surface area contributed by atoms with Crippen LogP contribution >= 0.6 is 0 Å². The monoisotopic (exact) mass is 277 g/mol. The molecule has 0 heterocycles. The van der Waals surface area contributed by atoms with Crippen LogP contribution in [0.15, 0.2) is 12.2 Å². The first kappa shape index (κ1) is 14.1. The molecular weight excluding hydrogens is 250 g/mol. The standard InChI is InChI=1S/C17H27NO2/c18-10-12-1-3-13(4-2-12)11-20-17(19)9-16-8-14-5-6-15(16)7-14/h5-6,12-16H,1-4,7-11,18H2. The van der Waals surface area contributed by atoms with Crippen LogP contribution in [-0.2, 0) is 9.53 Å². The smallest absolute Gasteiger partial charge is 0.306 e. The summed E-state index contributed by atoms with van der Waals surface area (Å²) in [5.41, 5.74) is 5.70. The van der Waals surface area contributed by atoms with Crippen LogP contribution in [0.2, 0.25) is 0 Å². The molecule has 2 fully saturated rings. The minimum Gasteiger partial charge on any atom is -0.465 e. The first-order valence-corrected chi connectivity index (χ1v) is 8.28. The van der Waals surface area contributed by atoms with Crippen LogP contribution in [0, 0.1) is 29.6 Å². The first-order chi connectivity index (χ1) is 9.74. The molecule has 2 saturated carbocycles. The van der Waals surface area contributed by atoms with Gasteiger partial charge in [0.05, 0.1) is 6.61 Å². The predicted octanol–water partition coefficient (Wildman–Crippen LogP) is 2.90. The Labute approximate surface area is 121 Å². The van der Waals surface area contributed by atoms with Crippen molar-refractivity contribution in [2.75, 3.05) is 13.2 Å². The molecule has 3 aliphatic carbocycles. The molecule has 0 aliphatic heterocycles. The quantitative estimate of drug-likeness (QED) is 0.621. The summed E-state index contributed by atoms with van der Waals surface area (Å²) >= 11 is 0. The Morgan fingerprint density at radius 2 is 1.85 bits per heavy atom. The van der Waals surface area contributed by atoms with Gasteiger partial charge in [0.25, 0.3) is 0 Å². The fourth-order valence-electron chi connectivity index (χ4n) is 4.25. The SMILES string of the molecule is NCC1CCC(COC(=O)CC2CC3C=CC2C3)CC1. The van der Waals surface area contributed by atoms with Crippen molar-refractivity contribution >= 4 is 5.97 Å². The fraction of sp³-hybridized carbons (Fsp3) is 0.824. The molecule has 3 unspecified atom stereocenters. The number of hydrogen-bond donors (Lipinski definition) is 1. The zero-order valence-electron chi connectivity index (χ0n) is 12.3. The number of ether oxygens (including phenoxy) is 1. The Bertz CT molecular complexity index is 371. The Hall–Kier alpha value is -0.830. The third kappa shape index (κ3) is 3.25. The van der Waals surface area contributed by atoms with Crippen molar-refractivity contribution in [3.8, 4) is 0 Å². The van der Waals surface area contributed by atoms with E-state index in [0.29, 0.717) is 36.7 Å². The number of nitrogens with two attached hydrogens (primary N) is 1. The number of allylic oxidation sites excluding steroid dienone is 2. The molecule has 3 heteroatoms. The van der Waals surface area contributed by atoms with Crippen molar-refractivity contribution in [1.82, 2.24) is 0 Å². The Morgan fingerprint density at radius 3 is 2.45 bits per heavy atom. The number of hydrogen-bond acceptors (Lipinski definition) is 3. The second-order valence-corrected chi connectivity index (χ2v) is 7.05. The molecule has 0 amide bonds. The molecule has 0 aromatic carbocycles. The number of esters is 1. The van der Waals surface area contributed by atoms with Gasteiger partial charge >= 0.3 is 5.97 Å². The van der Waals surface area contributed by atoms with Gasteiger partial charge < -0.3 is 10.5 Å². The highest BCUT2D eigenvalue weighted by atomic mass is 16.5. The summed E-state index contributed by atoms with van der Waals surface area (Å²) in [7, 11) is 0. The average Bonchev–Trinajstić information content (AvgIpc) is 3.08. The van der Waals surface area contributed by atoms with Crippen LogP contribution in [0.1, 0.15) is 44.9 Å². The summed E-state index contributed by atoms with van der Waals surface area (Å²) in [5, 5.41) is 0. The molecule has 3 atom stereocenters. The van der Waals surface area contributed by atoms with E-state index in [9.17, 15) is 4.79 Å². The lowest BCUT2D eigenvalue weighted by Gasteiger charge is -2.27. The summed E-state index contributed by atoms with van der Waals surface area (Å²) in [5.74, 6) is 3.23. The number of carbonyl (C=O) groups is 1. The second-order valence-electron chi connectivity index (χ2n) is 7.05.